The van der Waals surface area contributed by atoms with E-state index in [1.54, 1.807) is 13.0 Å². The number of benzene rings is 2. The average molecular weight is 496 g/mol. The number of likely N-dealkylation sites (N-methyl/N-ethyl adjacent to an activating group) is 1. The number of hydrogen-bond acceptors (Lipinski definition) is 6. The normalized spacial score (nSPS) is 11.9. The van der Waals surface area contributed by atoms with Crippen LogP contribution in [0.3, 0.4) is 0 Å². The van der Waals surface area contributed by atoms with Gasteiger partial charge in [-0.15, -0.1) is 0 Å². The molecular weight excluding hydrogens is 465 g/mol. The second kappa shape index (κ2) is 11.7. The molecule has 1 N–H and O–H groups in total. The molecule has 186 valence electrons. The topological polar surface area (TPSA) is 105 Å². The molecule has 2 rings (SSSR count). The highest BCUT2D eigenvalue weighted by Gasteiger charge is 2.31. The maximum Gasteiger partial charge on any atom is 0.244 e. The van der Waals surface area contributed by atoms with Crippen LogP contribution < -0.4 is 19.1 Å². The highest BCUT2D eigenvalue weighted by Crippen LogP contribution is 2.33. The molecule has 2 amide bonds. The van der Waals surface area contributed by atoms with Gasteiger partial charge < -0.3 is 19.7 Å². The summed E-state index contributed by atoms with van der Waals surface area (Å²) in [6, 6.07) is 9.39. The van der Waals surface area contributed by atoms with Crippen LogP contribution >= 0.6 is 0 Å². The van der Waals surface area contributed by atoms with Crippen molar-refractivity contribution in [2.24, 2.45) is 0 Å². The summed E-state index contributed by atoms with van der Waals surface area (Å²) in [6.07, 6.45) is 0.957. The number of amides is 2. The van der Waals surface area contributed by atoms with Crippen LogP contribution in [0.2, 0.25) is 0 Å². The number of halogens is 1. The highest BCUT2D eigenvalue weighted by molar-refractivity contribution is 7.92. The number of nitrogens with one attached hydrogen (secondary N) is 1. The van der Waals surface area contributed by atoms with E-state index in [4.69, 9.17) is 9.47 Å². The second-order valence-electron chi connectivity index (χ2n) is 7.49. The molecule has 0 spiro atoms. The number of anilines is 1. The number of nitrogens with zero attached hydrogens (tertiary/aromatic N) is 2. The van der Waals surface area contributed by atoms with Crippen molar-refractivity contribution in [2.75, 3.05) is 37.9 Å². The van der Waals surface area contributed by atoms with Gasteiger partial charge in [-0.05, 0) is 32.0 Å². The molecule has 11 heteroatoms. The Morgan fingerprint density at radius 1 is 1.12 bits per heavy atom. The molecule has 0 fully saturated rings. The van der Waals surface area contributed by atoms with Crippen molar-refractivity contribution < 1.29 is 31.9 Å². The summed E-state index contributed by atoms with van der Waals surface area (Å²) in [7, 11) is -1.13. The minimum Gasteiger partial charge on any atom is -0.497 e. The van der Waals surface area contributed by atoms with Gasteiger partial charge in [-0.25, -0.2) is 12.8 Å². The number of methoxy groups -OCH3 is 2. The molecule has 9 nitrogen and oxygen atoms in total. The maximum atomic E-state index is 14.3. The molecule has 0 aliphatic heterocycles. The van der Waals surface area contributed by atoms with E-state index in [1.807, 2.05) is 0 Å². The van der Waals surface area contributed by atoms with Gasteiger partial charge >= 0.3 is 0 Å². The van der Waals surface area contributed by atoms with Crippen molar-refractivity contribution in [3.05, 3.63) is 53.8 Å². The van der Waals surface area contributed by atoms with Gasteiger partial charge in [0.1, 0.15) is 29.9 Å². The third kappa shape index (κ3) is 6.60. The van der Waals surface area contributed by atoms with Gasteiger partial charge in [-0.2, -0.15) is 0 Å². The first kappa shape index (κ1) is 26.9. The van der Waals surface area contributed by atoms with Crippen molar-refractivity contribution in [3.63, 3.8) is 0 Å². The summed E-state index contributed by atoms with van der Waals surface area (Å²) in [5.41, 5.74) is 0.315. The molecule has 2 aromatic rings. The zero-order valence-electron chi connectivity index (χ0n) is 19.9. The smallest absolute Gasteiger partial charge is 0.244 e. The predicted octanol–water partition coefficient (Wildman–Crippen LogP) is 2.16. The number of carbonyl (C=O) groups is 2. The van der Waals surface area contributed by atoms with E-state index < -0.39 is 40.2 Å². The Labute approximate surface area is 199 Å². The molecule has 0 aromatic heterocycles. The van der Waals surface area contributed by atoms with Gasteiger partial charge in [-0.3, -0.25) is 13.9 Å². The Bertz CT molecular complexity index is 1130. The fourth-order valence-corrected chi connectivity index (χ4v) is 4.15. The van der Waals surface area contributed by atoms with Gasteiger partial charge in [0, 0.05) is 24.7 Å². The lowest BCUT2D eigenvalue weighted by Gasteiger charge is -2.31. The average Bonchev–Trinajstić information content (AvgIpc) is 2.80. The van der Waals surface area contributed by atoms with Crippen LogP contribution in [0.25, 0.3) is 0 Å². The number of sulfonamides is 1. The van der Waals surface area contributed by atoms with Crippen molar-refractivity contribution in [1.82, 2.24) is 10.2 Å². The number of ether oxygens (including phenoxy) is 2. The molecule has 2 aromatic carbocycles. The van der Waals surface area contributed by atoms with Gasteiger partial charge in [-0.1, -0.05) is 18.2 Å². The number of carbonyl (C=O) groups excluding carboxylic acids is 2. The van der Waals surface area contributed by atoms with Gasteiger partial charge in [0.05, 0.1) is 26.2 Å². The van der Waals surface area contributed by atoms with E-state index in [1.165, 1.54) is 57.5 Å². The third-order valence-electron chi connectivity index (χ3n) is 5.15. The van der Waals surface area contributed by atoms with Crippen LogP contribution in [0.4, 0.5) is 10.1 Å². The molecule has 0 saturated heterocycles. The van der Waals surface area contributed by atoms with Crippen LogP contribution in [0.5, 0.6) is 11.5 Å². The van der Waals surface area contributed by atoms with Crippen LogP contribution in [0, 0.1) is 5.82 Å². The van der Waals surface area contributed by atoms with Crippen molar-refractivity contribution in [1.29, 1.82) is 0 Å². The van der Waals surface area contributed by atoms with Crippen molar-refractivity contribution in [2.45, 2.75) is 26.4 Å². The zero-order chi connectivity index (χ0) is 25.5. The lowest BCUT2D eigenvalue weighted by Crippen LogP contribution is -2.51. The summed E-state index contributed by atoms with van der Waals surface area (Å²) in [5.74, 6) is -1.06. The monoisotopic (exact) mass is 495 g/mol. The Morgan fingerprint density at radius 2 is 1.79 bits per heavy atom. The Morgan fingerprint density at radius 3 is 2.35 bits per heavy atom. The van der Waals surface area contributed by atoms with Gasteiger partial charge in [0.2, 0.25) is 21.8 Å². The maximum absolute atomic E-state index is 14.3. The quantitative estimate of drug-likeness (QED) is 0.512. The summed E-state index contributed by atoms with van der Waals surface area (Å²) < 4.78 is 51.0. The molecule has 34 heavy (non-hydrogen) atoms. The predicted molar refractivity (Wildman–Crippen MR) is 127 cm³/mol. The standard InChI is InChI=1S/C23H30FN3O6S/c1-6-25-23(29)16(2)26(14-17-9-7-8-10-19(17)24)22(28)15-27(34(5,30)31)20-12-11-18(32-3)13-21(20)33-4/h7-13,16H,6,14-15H2,1-5H3,(H,25,29)/t16-/m1/s1. The first-order chi connectivity index (χ1) is 16.0. The summed E-state index contributed by atoms with van der Waals surface area (Å²) >= 11 is 0. The Kier molecular flexibility index (Phi) is 9.25. The van der Waals surface area contributed by atoms with Crippen molar-refractivity contribution >= 4 is 27.5 Å². The van der Waals surface area contributed by atoms with Gasteiger partial charge in [0.25, 0.3) is 0 Å². The molecule has 1 atom stereocenters. The zero-order valence-corrected chi connectivity index (χ0v) is 20.7. The molecule has 0 aliphatic carbocycles. The third-order valence-corrected chi connectivity index (χ3v) is 6.28. The van der Waals surface area contributed by atoms with Gasteiger partial charge in [0.15, 0.2) is 0 Å². The summed E-state index contributed by atoms with van der Waals surface area (Å²) in [4.78, 5) is 27.1. The molecule has 0 aliphatic rings. The summed E-state index contributed by atoms with van der Waals surface area (Å²) in [5, 5.41) is 2.63. The molecule has 0 saturated carbocycles. The minimum absolute atomic E-state index is 0.121. The molecular formula is C23H30FN3O6S. The molecule has 0 unspecified atom stereocenters. The van der Waals surface area contributed by atoms with E-state index in [0.29, 0.717) is 12.3 Å². The number of hydrogen-bond donors (Lipinski definition) is 1. The largest absolute Gasteiger partial charge is 0.497 e. The van der Waals surface area contributed by atoms with Crippen molar-refractivity contribution in [3.8, 4) is 11.5 Å². The molecule has 0 bridgehead atoms. The molecule has 0 heterocycles. The summed E-state index contributed by atoms with van der Waals surface area (Å²) in [6.45, 7) is 2.72. The van der Waals surface area contributed by atoms with Crippen LogP contribution in [-0.4, -0.2) is 64.7 Å². The van der Waals surface area contributed by atoms with E-state index in [-0.39, 0.29) is 23.5 Å². The fourth-order valence-electron chi connectivity index (χ4n) is 3.30. The van der Waals surface area contributed by atoms with E-state index >= 15 is 0 Å². The second-order valence-corrected chi connectivity index (χ2v) is 9.40. The first-order valence-electron chi connectivity index (χ1n) is 10.5. The van der Waals surface area contributed by atoms with Crippen LogP contribution in [0.1, 0.15) is 19.4 Å². The SMILES string of the molecule is CCNC(=O)[C@@H](C)N(Cc1ccccc1F)C(=O)CN(c1ccc(OC)cc1OC)S(C)(=O)=O. The van der Waals surface area contributed by atoms with E-state index in [9.17, 15) is 22.4 Å². The number of rotatable bonds is 11. The van der Waals surface area contributed by atoms with Crippen LogP contribution in [-0.2, 0) is 26.2 Å². The van der Waals surface area contributed by atoms with E-state index in [2.05, 4.69) is 5.32 Å². The Hall–Kier alpha value is -3.34. The lowest BCUT2D eigenvalue weighted by atomic mass is 10.1. The first-order valence-corrected chi connectivity index (χ1v) is 12.4. The molecule has 0 radical (unpaired) electrons. The highest BCUT2D eigenvalue weighted by atomic mass is 32.2. The van der Waals surface area contributed by atoms with Crippen LogP contribution in [0.15, 0.2) is 42.5 Å². The minimum atomic E-state index is -3.95. The Balaban J connectivity index is 2.47. The van der Waals surface area contributed by atoms with E-state index in [0.717, 1.165) is 15.5 Å². The lowest BCUT2D eigenvalue weighted by molar-refractivity contribution is -0.139. The fraction of sp³-hybridized carbons (Fsp3) is 0.391.